The maximum Gasteiger partial charge on any atom is 0.155 e. The molecule has 0 amide bonds. The molecular formula is C14H22O. The lowest BCUT2D eigenvalue weighted by atomic mass is 10.1. The Morgan fingerprint density at radius 3 is 2.40 bits per heavy atom. The lowest BCUT2D eigenvalue weighted by Crippen LogP contribution is -1.86. The number of hydrogen-bond donors (Lipinski definition) is 0. The fraction of sp³-hybridized carbons (Fsp3) is 0.500. The second kappa shape index (κ2) is 8.22. The van der Waals surface area contributed by atoms with Crippen molar-refractivity contribution in [3.63, 3.8) is 0 Å². The highest BCUT2D eigenvalue weighted by molar-refractivity contribution is 5.89. The van der Waals surface area contributed by atoms with Gasteiger partial charge in [-0.3, -0.25) is 4.79 Å². The molecule has 0 aromatic carbocycles. The molecule has 0 radical (unpaired) electrons. The van der Waals surface area contributed by atoms with Gasteiger partial charge in [0, 0.05) is 6.42 Å². The van der Waals surface area contributed by atoms with Crippen molar-refractivity contribution in [2.24, 2.45) is 0 Å². The third-order valence-corrected chi connectivity index (χ3v) is 2.10. The van der Waals surface area contributed by atoms with Gasteiger partial charge in [0.15, 0.2) is 5.78 Å². The zero-order valence-electron chi connectivity index (χ0n) is 10.3. The highest BCUT2D eigenvalue weighted by Crippen LogP contribution is 2.06. The highest BCUT2D eigenvalue weighted by atomic mass is 16.1. The van der Waals surface area contributed by atoms with E-state index in [1.807, 2.05) is 19.1 Å². The van der Waals surface area contributed by atoms with Crippen molar-refractivity contribution in [1.29, 1.82) is 0 Å². The van der Waals surface area contributed by atoms with Gasteiger partial charge in [-0.15, -0.1) is 0 Å². The van der Waals surface area contributed by atoms with E-state index >= 15 is 0 Å². The van der Waals surface area contributed by atoms with Gasteiger partial charge >= 0.3 is 0 Å². The molecule has 1 heteroatoms. The summed E-state index contributed by atoms with van der Waals surface area (Å²) in [5.74, 6) is 0.184. The minimum Gasteiger partial charge on any atom is -0.295 e. The van der Waals surface area contributed by atoms with Gasteiger partial charge in [-0.25, -0.2) is 0 Å². The molecule has 84 valence electrons. The first-order valence-electron chi connectivity index (χ1n) is 5.56. The number of ketones is 1. The van der Waals surface area contributed by atoms with Crippen molar-refractivity contribution >= 4 is 5.78 Å². The molecule has 0 aromatic rings. The number of rotatable bonds is 6. The van der Waals surface area contributed by atoms with Gasteiger partial charge in [-0.1, -0.05) is 36.3 Å². The molecular weight excluding hydrogens is 184 g/mol. The molecule has 0 aliphatic rings. The first-order valence-corrected chi connectivity index (χ1v) is 5.56. The van der Waals surface area contributed by atoms with Crippen LogP contribution in [0.15, 0.2) is 35.5 Å². The minimum atomic E-state index is 0.184. The molecule has 0 heterocycles. The van der Waals surface area contributed by atoms with E-state index in [2.05, 4.69) is 26.8 Å². The lowest BCUT2D eigenvalue weighted by Gasteiger charge is -1.96. The molecule has 0 rings (SSSR count). The van der Waals surface area contributed by atoms with E-state index in [1.165, 1.54) is 11.1 Å². The molecule has 0 N–H and O–H groups in total. The summed E-state index contributed by atoms with van der Waals surface area (Å²) in [5.41, 5.74) is 2.67. The summed E-state index contributed by atoms with van der Waals surface area (Å²) in [6.45, 7) is 8.19. The highest BCUT2D eigenvalue weighted by Gasteiger charge is 1.89. The molecule has 0 spiro atoms. The van der Waals surface area contributed by atoms with Crippen LogP contribution in [0.25, 0.3) is 0 Å². The normalized spacial score (nSPS) is 11.9. The summed E-state index contributed by atoms with van der Waals surface area (Å²) in [5, 5.41) is 0. The molecule has 0 atom stereocenters. The van der Waals surface area contributed by atoms with Gasteiger partial charge in [0.2, 0.25) is 0 Å². The molecule has 1 nitrogen and oxygen atoms in total. The van der Waals surface area contributed by atoms with E-state index in [0.29, 0.717) is 6.42 Å². The topological polar surface area (TPSA) is 17.1 Å². The third kappa shape index (κ3) is 9.20. The number of carbonyl (C=O) groups is 1. The summed E-state index contributed by atoms with van der Waals surface area (Å²) < 4.78 is 0. The fourth-order valence-corrected chi connectivity index (χ4v) is 1.11. The lowest BCUT2D eigenvalue weighted by molar-refractivity contribution is -0.114. The first-order chi connectivity index (χ1) is 7.06. The van der Waals surface area contributed by atoms with Crippen LogP contribution >= 0.6 is 0 Å². The largest absolute Gasteiger partial charge is 0.295 e. The van der Waals surface area contributed by atoms with Gasteiger partial charge in [-0.2, -0.15) is 0 Å². The number of allylic oxidation sites excluding steroid dienone is 6. The van der Waals surface area contributed by atoms with Crippen LogP contribution < -0.4 is 0 Å². The Morgan fingerprint density at radius 2 is 1.87 bits per heavy atom. The van der Waals surface area contributed by atoms with Crippen molar-refractivity contribution < 1.29 is 4.79 Å². The predicted molar refractivity (Wildman–Crippen MR) is 66.9 cm³/mol. The van der Waals surface area contributed by atoms with E-state index in [-0.39, 0.29) is 5.78 Å². The van der Waals surface area contributed by atoms with Gasteiger partial charge < -0.3 is 0 Å². The van der Waals surface area contributed by atoms with Crippen molar-refractivity contribution in [3.8, 4) is 0 Å². The first kappa shape index (κ1) is 13.9. The molecule has 0 saturated heterocycles. The Kier molecular flexibility index (Phi) is 7.61. The Morgan fingerprint density at radius 1 is 1.20 bits per heavy atom. The standard InChI is InChI=1S/C14H22O/c1-5-14(15)11-7-10-13(4)9-6-8-12(2)3/h7-8,10-11H,5-6,9H2,1-4H3. The zero-order chi connectivity index (χ0) is 11.7. The van der Waals surface area contributed by atoms with Crippen LogP contribution in [0.5, 0.6) is 0 Å². The Hall–Kier alpha value is -1.11. The van der Waals surface area contributed by atoms with Crippen molar-refractivity contribution in [2.75, 3.05) is 0 Å². The number of carbonyl (C=O) groups excluding carboxylic acids is 1. The van der Waals surface area contributed by atoms with Gasteiger partial charge in [0.25, 0.3) is 0 Å². The Labute approximate surface area is 93.6 Å². The van der Waals surface area contributed by atoms with Crippen molar-refractivity contribution in [1.82, 2.24) is 0 Å². The van der Waals surface area contributed by atoms with Crippen LogP contribution in [0.2, 0.25) is 0 Å². The molecule has 0 aromatic heterocycles. The van der Waals surface area contributed by atoms with Crippen LogP contribution in [0.3, 0.4) is 0 Å². The summed E-state index contributed by atoms with van der Waals surface area (Å²) in [6.07, 6.45) is 10.5. The Balaban J connectivity index is 3.94. The zero-order valence-corrected chi connectivity index (χ0v) is 10.3. The Bertz CT molecular complexity index is 276. The molecule has 0 fully saturated rings. The van der Waals surface area contributed by atoms with Crippen LogP contribution in [0.1, 0.15) is 47.0 Å². The van der Waals surface area contributed by atoms with Crippen LogP contribution in [0, 0.1) is 0 Å². The fourth-order valence-electron chi connectivity index (χ4n) is 1.11. The molecule has 0 aliphatic heterocycles. The van der Waals surface area contributed by atoms with E-state index in [4.69, 9.17) is 0 Å². The average Bonchev–Trinajstić information content (AvgIpc) is 2.17. The molecule has 0 bridgehead atoms. The maximum absolute atomic E-state index is 11.0. The predicted octanol–water partition coefficient (Wildman–Crippen LogP) is 4.21. The second-order valence-corrected chi connectivity index (χ2v) is 4.01. The van der Waals surface area contributed by atoms with Crippen LogP contribution in [0.4, 0.5) is 0 Å². The molecule has 15 heavy (non-hydrogen) atoms. The maximum atomic E-state index is 11.0. The van der Waals surface area contributed by atoms with E-state index in [0.717, 1.165) is 12.8 Å². The van der Waals surface area contributed by atoms with Gasteiger partial charge in [0.05, 0.1) is 0 Å². The third-order valence-electron chi connectivity index (χ3n) is 2.10. The van der Waals surface area contributed by atoms with Crippen LogP contribution in [-0.2, 0) is 4.79 Å². The van der Waals surface area contributed by atoms with Gasteiger partial charge in [-0.05, 0) is 39.7 Å². The summed E-state index contributed by atoms with van der Waals surface area (Å²) in [7, 11) is 0. The monoisotopic (exact) mass is 206 g/mol. The molecule has 0 aliphatic carbocycles. The van der Waals surface area contributed by atoms with E-state index < -0.39 is 0 Å². The minimum absolute atomic E-state index is 0.184. The number of hydrogen-bond acceptors (Lipinski definition) is 1. The molecule has 0 saturated carbocycles. The smallest absolute Gasteiger partial charge is 0.155 e. The van der Waals surface area contributed by atoms with Gasteiger partial charge in [0.1, 0.15) is 0 Å². The summed E-state index contributed by atoms with van der Waals surface area (Å²) in [4.78, 5) is 11.0. The second-order valence-electron chi connectivity index (χ2n) is 4.01. The summed E-state index contributed by atoms with van der Waals surface area (Å²) >= 11 is 0. The van der Waals surface area contributed by atoms with E-state index in [9.17, 15) is 4.79 Å². The molecule has 0 unspecified atom stereocenters. The SMILES string of the molecule is CCC(=O)C=CC=C(C)CCC=C(C)C. The van der Waals surface area contributed by atoms with Crippen LogP contribution in [-0.4, -0.2) is 5.78 Å². The van der Waals surface area contributed by atoms with Crippen molar-refractivity contribution in [2.45, 2.75) is 47.0 Å². The van der Waals surface area contributed by atoms with E-state index in [1.54, 1.807) is 6.08 Å². The van der Waals surface area contributed by atoms with Crippen molar-refractivity contribution in [3.05, 3.63) is 35.5 Å². The average molecular weight is 206 g/mol. The quantitative estimate of drug-likeness (QED) is 0.361. The summed E-state index contributed by atoms with van der Waals surface area (Å²) in [6, 6.07) is 0.